The molecule has 0 saturated carbocycles. The van der Waals surface area contributed by atoms with E-state index in [0.29, 0.717) is 5.56 Å². The average Bonchev–Trinajstić information content (AvgIpc) is 2.50. The van der Waals surface area contributed by atoms with E-state index in [2.05, 4.69) is 5.32 Å². The minimum Gasteiger partial charge on any atom is -0.452 e. The first-order valence-electron chi connectivity index (χ1n) is 7.99. The zero-order chi connectivity index (χ0) is 19.2. The quantitative estimate of drug-likeness (QED) is 0.783. The van der Waals surface area contributed by atoms with Gasteiger partial charge in [0.1, 0.15) is 0 Å². The topological polar surface area (TPSA) is 79.0 Å². The lowest BCUT2D eigenvalue weighted by molar-refractivity contribution is -0.137. The third kappa shape index (κ3) is 7.24. The van der Waals surface area contributed by atoms with Gasteiger partial charge in [0.2, 0.25) is 5.91 Å². The molecule has 0 atom stereocenters. The normalized spacial score (nSPS) is 10.8. The summed E-state index contributed by atoms with van der Waals surface area (Å²) in [4.78, 5) is 39.0. The predicted molar refractivity (Wildman–Crippen MR) is 96.6 cm³/mol. The highest BCUT2D eigenvalue weighted by atomic mass is 16.5. The van der Waals surface area contributed by atoms with E-state index in [4.69, 9.17) is 4.74 Å². The molecule has 1 N–H and O–H groups in total. The first kappa shape index (κ1) is 20.5. The summed E-state index contributed by atoms with van der Waals surface area (Å²) in [7, 11) is 5.22. The van der Waals surface area contributed by atoms with Crippen LogP contribution in [0, 0.1) is 0 Å². The van der Waals surface area contributed by atoms with Crippen LogP contribution < -0.4 is 10.2 Å². The monoisotopic (exact) mass is 349 g/mol. The first-order chi connectivity index (χ1) is 11.5. The van der Waals surface area contributed by atoms with Crippen molar-refractivity contribution in [3.8, 4) is 0 Å². The zero-order valence-electron chi connectivity index (χ0n) is 15.8. The molecule has 25 heavy (non-hydrogen) atoms. The van der Waals surface area contributed by atoms with Crippen molar-refractivity contribution in [2.75, 3.05) is 39.2 Å². The summed E-state index contributed by atoms with van der Waals surface area (Å²) in [6.45, 7) is 5.07. The van der Waals surface area contributed by atoms with Crippen LogP contribution in [0.25, 0.3) is 0 Å². The number of rotatable bonds is 6. The van der Waals surface area contributed by atoms with E-state index in [1.54, 1.807) is 18.2 Å². The fraction of sp³-hybridized carbons (Fsp3) is 0.500. The van der Waals surface area contributed by atoms with Crippen LogP contribution in [-0.2, 0) is 14.3 Å². The van der Waals surface area contributed by atoms with Crippen LogP contribution >= 0.6 is 0 Å². The summed E-state index contributed by atoms with van der Waals surface area (Å²) in [6, 6.07) is 6.92. The van der Waals surface area contributed by atoms with Crippen molar-refractivity contribution in [2.24, 2.45) is 0 Å². The van der Waals surface area contributed by atoms with Gasteiger partial charge in [0.05, 0.1) is 12.1 Å². The molecular formula is C18H27N3O4. The molecule has 0 aromatic heterocycles. The number of hydrogen-bond acceptors (Lipinski definition) is 5. The molecule has 0 aliphatic heterocycles. The molecule has 0 spiro atoms. The van der Waals surface area contributed by atoms with Crippen molar-refractivity contribution in [1.82, 2.24) is 10.2 Å². The third-order valence-electron chi connectivity index (χ3n) is 3.25. The van der Waals surface area contributed by atoms with Crippen LogP contribution in [0.2, 0.25) is 0 Å². The summed E-state index contributed by atoms with van der Waals surface area (Å²) in [5.41, 5.74) is 0.856. The van der Waals surface area contributed by atoms with Crippen LogP contribution in [0.15, 0.2) is 24.3 Å². The molecule has 0 aliphatic rings. The van der Waals surface area contributed by atoms with Gasteiger partial charge in [0, 0.05) is 32.4 Å². The summed E-state index contributed by atoms with van der Waals surface area (Å²) in [5, 5.41) is 2.77. The number of amides is 2. The fourth-order valence-electron chi connectivity index (χ4n) is 1.99. The average molecular weight is 349 g/mol. The van der Waals surface area contributed by atoms with Crippen LogP contribution in [0.5, 0.6) is 0 Å². The standard InChI is InChI=1S/C18H27N3O4/c1-18(2,3)19-15(22)11-21(6)16(23)12-25-17(24)13-8-7-9-14(10-13)20(4)5/h7-10H,11-12H2,1-6H3,(H,19,22). The third-order valence-corrected chi connectivity index (χ3v) is 3.25. The second-order valence-corrected chi connectivity index (χ2v) is 7.07. The number of nitrogens with one attached hydrogen (secondary N) is 1. The predicted octanol–water partition coefficient (Wildman–Crippen LogP) is 1.28. The van der Waals surface area contributed by atoms with Gasteiger partial charge in [-0.25, -0.2) is 4.79 Å². The van der Waals surface area contributed by atoms with Crippen molar-refractivity contribution < 1.29 is 19.1 Å². The number of nitrogens with zero attached hydrogens (tertiary/aromatic N) is 2. The molecule has 0 saturated heterocycles. The van der Waals surface area contributed by atoms with Gasteiger partial charge in [0.15, 0.2) is 6.61 Å². The molecule has 7 nitrogen and oxygen atoms in total. The van der Waals surface area contributed by atoms with E-state index in [0.717, 1.165) is 5.69 Å². The molecule has 2 amide bonds. The molecule has 0 bridgehead atoms. The Kier molecular flexibility index (Phi) is 6.97. The molecule has 0 radical (unpaired) electrons. The minimum atomic E-state index is -0.579. The van der Waals surface area contributed by atoms with E-state index < -0.39 is 18.5 Å². The van der Waals surface area contributed by atoms with E-state index >= 15 is 0 Å². The number of anilines is 1. The number of likely N-dealkylation sites (N-methyl/N-ethyl adjacent to an activating group) is 1. The zero-order valence-corrected chi connectivity index (χ0v) is 15.8. The molecule has 1 rings (SSSR count). The molecular weight excluding hydrogens is 322 g/mol. The molecule has 7 heteroatoms. The number of esters is 1. The van der Waals surface area contributed by atoms with Gasteiger partial charge < -0.3 is 19.9 Å². The Hall–Kier alpha value is -2.57. The van der Waals surface area contributed by atoms with Crippen LogP contribution in [0.1, 0.15) is 31.1 Å². The van der Waals surface area contributed by atoms with Crippen molar-refractivity contribution in [3.05, 3.63) is 29.8 Å². The first-order valence-corrected chi connectivity index (χ1v) is 7.99. The van der Waals surface area contributed by atoms with Crippen LogP contribution in [0.3, 0.4) is 0 Å². The Morgan fingerprint density at radius 2 is 1.76 bits per heavy atom. The molecule has 0 fully saturated rings. The highest BCUT2D eigenvalue weighted by Crippen LogP contribution is 2.14. The van der Waals surface area contributed by atoms with Gasteiger partial charge in [-0.3, -0.25) is 9.59 Å². The summed E-state index contributed by atoms with van der Waals surface area (Å²) < 4.78 is 5.05. The Labute approximate surface area is 148 Å². The lowest BCUT2D eigenvalue weighted by Gasteiger charge is -2.23. The van der Waals surface area contributed by atoms with Gasteiger partial charge in [0.25, 0.3) is 5.91 Å². The molecule has 1 aromatic rings. The minimum absolute atomic E-state index is 0.0935. The summed E-state index contributed by atoms with van der Waals surface area (Å²) in [6.07, 6.45) is 0. The van der Waals surface area contributed by atoms with E-state index in [1.807, 2.05) is 45.8 Å². The van der Waals surface area contributed by atoms with Crippen LogP contribution in [-0.4, -0.2) is 62.5 Å². The Morgan fingerprint density at radius 3 is 2.32 bits per heavy atom. The number of carbonyl (C=O) groups excluding carboxylic acids is 3. The van der Waals surface area contributed by atoms with Gasteiger partial charge in [-0.2, -0.15) is 0 Å². The van der Waals surface area contributed by atoms with Gasteiger partial charge in [-0.15, -0.1) is 0 Å². The molecule has 0 heterocycles. The Morgan fingerprint density at radius 1 is 1.12 bits per heavy atom. The Bertz CT molecular complexity index is 635. The second-order valence-electron chi connectivity index (χ2n) is 7.07. The highest BCUT2D eigenvalue weighted by Gasteiger charge is 2.19. The SMILES string of the molecule is CN(CC(=O)NC(C)(C)C)C(=O)COC(=O)c1cccc(N(C)C)c1. The molecule has 1 aromatic carbocycles. The van der Waals surface area contributed by atoms with E-state index in [-0.39, 0.29) is 18.0 Å². The van der Waals surface area contributed by atoms with E-state index in [1.165, 1.54) is 11.9 Å². The van der Waals surface area contributed by atoms with E-state index in [9.17, 15) is 14.4 Å². The smallest absolute Gasteiger partial charge is 0.338 e. The van der Waals surface area contributed by atoms with Crippen molar-refractivity contribution >= 4 is 23.5 Å². The lowest BCUT2D eigenvalue weighted by Crippen LogP contribution is -2.46. The summed E-state index contributed by atoms with van der Waals surface area (Å²) in [5.74, 6) is -1.29. The number of hydrogen-bond donors (Lipinski definition) is 1. The van der Waals surface area contributed by atoms with Crippen molar-refractivity contribution in [2.45, 2.75) is 26.3 Å². The van der Waals surface area contributed by atoms with Crippen molar-refractivity contribution in [1.29, 1.82) is 0 Å². The van der Waals surface area contributed by atoms with Crippen LogP contribution in [0.4, 0.5) is 5.69 Å². The maximum absolute atomic E-state index is 12.1. The van der Waals surface area contributed by atoms with Crippen molar-refractivity contribution in [3.63, 3.8) is 0 Å². The number of benzene rings is 1. The fourth-order valence-corrected chi connectivity index (χ4v) is 1.99. The molecule has 0 aliphatic carbocycles. The van der Waals surface area contributed by atoms with Gasteiger partial charge >= 0.3 is 5.97 Å². The van der Waals surface area contributed by atoms with Gasteiger partial charge in [-0.1, -0.05) is 6.07 Å². The lowest BCUT2D eigenvalue weighted by atomic mass is 10.1. The maximum atomic E-state index is 12.1. The Balaban J connectivity index is 2.54. The second kappa shape index (κ2) is 8.50. The summed E-state index contributed by atoms with van der Waals surface area (Å²) >= 11 is 0. The van der Waals surface area contributed by atoms with Gasteiger partial charge in [-0.05, 0) is 39.0 Å². The molecule has 138 valence electrons. The number of ether oxygens (including phenoxy) is 1. The highest BCUT2D eigenvalue weighted by molar-refractivity contribution is 5.92. The number of carbonyl (C=O) groups is 3. The molecule has 0 unspecified atom stereocenters. The maximum Gasteiger partial charge on any atom is 0.338 e. The largest absolute Gasteiger partial charge is 0.452 e.